The monoisotopic (exact) mass is 336 g/mol. The molecule has 1 atom stereocenters. The fourth-order valence-electron chi connectivity index (χ4n) is 3.35. The number of H-pyrrole nitrogens is 1. The van der Waals surface area contributed by atoms with Gasteiger partial charge in [0.2, 0.25) is 0 Å². The first-order valence-corrected chi connectivity index (χ1v) is 8.80. The normalized spacial score (nSPS) is 20.4. The third-order valence-corrected chi connectivity index (χ3v) is 4.87. The van der Waals surface area contributed by atoms with Crippen LogP contribution >= 0.6 is 0 Å². The number of benzene rings is 1. The maximum atomic E-state index is 9.76. The Kier molecular flexibility index (Phi) is 3.38. The number of fused-ring (bicyclic) bond motifs is 1. The summed E-state index contributed by atoms with van der Waals surface area (Å²) in [4.78, 5) is 6.58. The highest BCUT2D eigenvalue weighted by atomic mass is 16.5. The number of hydrogen-bond acceptors (Lipinski definition) is 5. The lowest BCUT2D eigenvalue weighted by atomic mass is 10.1. The van der Waals surface area contributed by atoms with Gasteiger partial charge in [0.15, 0.2) is 0 Å². The lowest BCUT2D eigenvalue weighted by Gasteiger charge is -2.16. The van der Waals surface area contributed by atoms with Crippen LogP contribution in [0.3, 0.4) is 0 Å². The Balaban J connectivity index is 1.51. The molecule has 1 saturated carbocycles. The number of rotatable bonds is 4. The fourth-order valence-corrected chi connectivity index (χ4v) is 3.35. The van der Waals surface area contributed by atoms with E-state index in [1.807, 2.05) is 24.3 Å². The maximum Gasteiger partial charge on any atom is 0.129 e. The van der Waals surface area contributed by atoms with Gasteiger partial charge in [-0.15, -0.1) is 0 Å². The molecule has 1 aromatic carbocycles. The van der Waals surface area contributed by atoms with Crippen LogP contribution in [0.4, 0.5) is 5.82 Å². The van der Waals surface area contributed by atoms with E-state index in [1.165, 1.54) is 0 Å². The molecule has 1 aliphatic heterocycles. The molecule has 128 valence electrons. The molecule has 3 aromatic rings. The number of aliphatic hydroxyl groups is 1. The van der Waals surface area contributed by atoms with Gasteiger partial charge in [0, 0.05) is 30.2 Å². The molecule has 2 N–H and O–H groups in total. The molecule has 6 nitrogen and oxygen atoms in total. The third-order valence-electron chi connectivity index (χ3n) is 4.87. The van der Waals surface area contributed by atoms with Crippen molar-refractivity contribution in [1.29, 1.82) is 0 Å². The lowest BCUT2D eigenvalue weighted by Crippen LogP contribution is -2.22. The number of β-amino-alcohol motifs (C(OH)–C–C–N with tert-alkyl or cyclic N) is 1. The van der Waals surface area contributed by atoms with E-state index in [0.29, 0.717) is 12.6 Å². The molecule has 5 rings (SSSR count). The predicted octanol–water partition coefficient (Wildman–Crippen LogP) is 2.74. The number of aromatic amines is 1. The molecule has 6 heteroatoms. The Hall–Kier alpha value is -2.60. The van der Waals surface area contributed by atoms with Gasteiger partial charge in [-0.05, 0) is 49.6 Å². The number of anilines is 1. The van der Waals surface area contributed by atoms with E-state index < -0.39 is 0 Å². The van der Waals surface area contributed by atoms with Gasteiger partial charge in [-0.1, -0.05) is 0 Å². The average molecular weight is 336 g/mol. The van der Waals surface area contributed by atoms with Crippen LogP contribution in [0.1, 0.15) is 19.3 Å². The first kappa shape index (κ1) is 14.7. The topological polar surface area (TPSA) is 74.3 Å². The van der Waals surface area contributed by atoms with Gasteiger partial charge in [0.25, 0.3) is 0 Å². The largest absolute Gasteiger partial charge is 0.490 e. The minimum atomic E-state index is -0.265. The number of aliphatic hydroxyl groups excluding tert-OH is 1. The number of nitrogens with one attached hydrogen (secondary N) is 1. The molecule has 2 aromatic heterocycles. The molecular weight excluding hydrogens is 316 g/mol. The summed E-state index contributed by atoms with van der Waals surface area (Å²) in [5.74, 6) is 1.78. The third kappa shape index (κ3) is 2.82. The van der Waals surface area contributed by atoms with Gasteiger partial charge < -0.3 is 14.7 Å². The van der Waals surface area contributed by atoms with E-state index in [4.69, 9.17) is 4.74 Å². The molecule has 0 spiro atoms. The van der Waals surface area contributed by atoms with Gasteiger partial charge in [0.05, 0.1) is 17.7 Å². The van der Waals surface area contributed by atoms with Crippen LogP contribution in [0, 0.1) is 0 Å². The molecule has 0 unspecified atom stereocenters. The van der Waals surface area contributed by atoms with Crippen molar-refractivity contribution in [2.24, 2.45) is 0 Å². The first-order valence-electron chi connectivity index (χ1n) is 8.80. The molecule has 2 fully saturated rings. The maximum absolute atomic E-state index is 9.76. The molecular formula is C19H20N4O2. The molecule has 0 radical (unpaired) electrons. The summed E-state index contributed by atoms with van der Waals surface area (Å²) in [5, 5.41) is 18.4. The average Bonchev–Trinajstić information content (AvgIpc) is 3.17. The Morgan fingerprint density at radius 2 is 2.08 bits per heavy atom. The summed E-state index contributed by atoms with van der Waals surface area (Å²) in [6.07, 6.45) is 5.00. The Labute approximate surface area is 145 Å². The predicted molar refractivity (Wildman–Crippen MR) is 95.8 cm³/mol. The Morgan fingerprint density at radius 3 is 2.88 bits per heavy atom. The van der Waals surface area contributed by atoms with Crippen LogP contribution < -0.4 is 9.64 Å². The summed E-state index contributed by atoms with van der Waals surface area (Å²) in [5.41, 5.74) is 2.91. The van der Waals surface area contributed by atoms with Crippen molar-refractivity contribution in [3.8, 4) is 17.0 Å². The SMILES string of the molecule is O[C@H]1CCN(c2cc(-c3n[nH]c4ccc(OC5CC5)cc34)ccn2)C1. The van der Waals surface area contributed by atoms with Crippen molar-refractivity contribution in [2.75, 3.05) is 18.0 Å². The molecule has 0 amide bonds. The summed E-state index contributed by atoms with van der Waals surface area (Å²) in [6, 6.07) is 10.1. The minimum absolute atomic E-state index is 0.265. The molecule has 2 aliphatic rings. The molecule has 1 aliphatic carbocycles. The summed E-state index contributed by atoms with van der Waals surface area (Å²) in [6.45, 7) is 1.47. The summed E-state index contributed by atoms with van der Waals surface area (Å²) < 4.78 is 5.92. The zero-order valence-electron chi connectivity index (χ0n) is 13.9. The summed E-state index contributed by atoms with van der Waals surface area (Å²) >= 11 is 0. The second-order valence-electron chi connectivity index (χ2n) is 6.89. The highest BCUT2D eigenvalue weighted by molar-refractivity contribution is 5.94. The number of nitrogens with zero attached hydrogens (tertiary/aromatic N) is 3. The zero-order chi connectivity index (χ0) is 16.8. The molecule has 1 saturated heterocycles. The fraction of sp³-hybridized carbons (Fsp3) is 0.368. The van der Waals surface area contributed by atoms with Gasteiger partial charge >= 0.3 is 0 Å². The van der Waals surface area contributed by atoms with E-state index in [9.17, 15) is 5.11 Å². The van der Waals surface area contributed by atoms with Crippen LogP contribution in [-0.4, -0.2) is 45.6 Å². The van der Waals surface area contributed by atoms with Crippen LogP contribution in [0.15, 0.2) is 36.5 Å². The quantitative estimate of drug-likeness (QED) is 0.766. The van der Waals surface area contributed by atoms with Gasteiger partial charge in [-0.25, -0.2) is 4.98 Å². The second kappa shape index (κ2) is 5.74. The van der Waals surface area contributed by atoms with Gasteiger partial charge in [-0.3, -0.25) is 5.10 Å². The minimum Gasteiger partial charge on any atom is -0.490 e. The van der Waals surface area contributed by atoms with E-state index in [-0.39, 0.29) is 6.10 Å². The van der Waals surface area contributed by atoms with Crippen molar-refractivity contribution in [3.05, 3.63) is 36.5 Å². The smallest absolute Gasteiger partial charge is 0.129 e. The van der Waals surface area contributed by atoms with Crippen molar-refractivity contribution >= 4 is 16.7 Å². The van der Waals surface area contributed by atoms with E-state index in [2.05, 4.69) is 26.1 Å². The molecule has 3 heterocycles. The van der Waals surface area contributed by atoms with Crippen LogP contribution in [0.5, 0.6) is 5.75 Å². The van der Waals surface area contributed by atoms with Crippen molar-refractivity contribution in [1.82, 2.24) is 15.2 Å². The first-order chi connectivity index (χ1) is 12.3. The number of aromatic nitrogens is 3. The number of ether oxygens (including phenoxy) is 1. The highest BCUT2D eigenvalue weighted by Crippen LogP contribution is 2.33. The van der Waals surface area contributed by atoms with Crippen LogP contribution in [0.25, 0.3) is 22.2 Å². The van der Waals surface area contributed by atoms with Crippen LogP contribution in [0.2, 0.25) is 0 Å². The van der Waals surface area contributed by atoms with Crippen molar-refractivity contribution < 1.29 is 9.84 Å². The Bertz CT molecular complexity index is 919. The number of pyridine rings is 1. The van der Waals surface area contributed by atoms with E-state index in [1.54, 1.807) is 6.20 Å². The second-order valence-corrected chi connectivity index (χ2v) is 6.89. The standard InChI is InChI=1S/C19H20N4O2/c24-13-6-8-23(11-13)18-9-12(5-7-20-18)19-16-10-15(25-14-1-2-14)3-4-17(16)21-22-19/h3-5,7,9-10,13-14,24H,1-2,6,8,11H2,(H,21,22)/t13-/m0/s1. The van der Waals surface area contributed by atoms with Crippen molar-refractivity contribution in [2.45, 2.75) is 31.5 Å². The lowest BCUT2D eigenvalue weighted by molar-refractivity contribution is 0.198. The van der Waals surface area contributed by atoms with Crippen LogP contribution in [-0.2, 0) is 0 Å². The Morgan fingerprint density at radius 1 is 1.16 bits per heavy atom. The molecule has 0 bridgehead atoms. The number of hydrogen-bond donors (Lipinski definition) is 2. The van der Waals surface area contributed by atoms with Gasteiger partial charge in [0.1, 0.15) is 17.3 Å². The van der Waals surface area contributed by atoms with Gasteiger partial charge in [-0.2, -0.15) is 5.10 Å². The zero-order valence-corrected chi connectivity index (χ0v) is 13.9. The summed E-state index contributed by atoms with van der Waals surface area (Å²) in [7, 11) is 0. The van der Waals surface area contributed by atoms with E-state index in [0.717, 1.165) is 59.5 Å². The van der Waals surface area contributed by atoms with E-state index >= 15 is 0 Å². The highest BCUT2D eigenvalue weighted by Gasteiger charge is 2.24. The molecule has 25 heavy (non-hydrogen) atoms. The van der Waals surface area contributed by atoms with Crippen molar-refractivity contribution in [3.63, 3.8) is 0 Å².